The number of rotatable bonds is 4. The Bertz CT molecular complexity index is 787. The first-order chi connectivity index (χ1) is 11.8. The number of benzene rings is 1. The van der Waals surface area contributed by atoms with Crippen molar-refractivity contribution in [1.82, 2.24) is 24.6 Å². The van der Waals surface area contributed by atoms with E-state index in [1.807, 2.05) is 49.8 Å². The molecule has 6 nitrogen and oxygen atoms in total. The number of hydrogen-bond acceptors (Lipinski definition) is 5. The topological polar surface area (TPSA) is 60.0 Å². The Morgan fingerprint density at radius 1 is 1.17 bits per heavy atom. The van der Waals surface area contributed by atoms with Crippen LogP contribution in [0.25, 0.3) is 11.4 Å². The zero-order valence-corrected chi connectivity index (χ0v) is 13.8. The van der Waals surface area contributed by atoms with Crippen LogP contribution in [0.5, 0.6) is 0 Å². The molecule has 0 amide bonds. The van der Waals surface area contributed by atoms with E-state index in [4.69, 9.17) is 4.52 Å². The van der Waals surface area contributed by atoms with E-state index < -0.39 is 0 Å². The highest BCUT2D eigenvalue weighted by Crippen LogP contribution is 2.28. The molecule has 4 rings (SSSR count). The highest BCUT2D eigenvalue weighted by atomic mass is 16.5. The molecule has 124 valence electrons. The number of likely N-dealkylation sites (tertiary alicyclic amines) is 1. The van der Waals surface area contributed by atoms with Crippen LogP contribution in [-0.4, -0.2) is 37.7 Å². The van der Waals surface area contributed by atoms with Crippen LogP contribution in [-0.2, 0) is 13.6 Å². The fraction of sp³-hybridized carbons (Fsp3) is 0.389. The highest BCUT2D eigenvalue weighted by Gasteiger charge is 2.25. The van der Waals surface area contributed by atoms with Gasteiger partial charge in [0.05, 0.1) is 6.54 Å². The van der Waals surface area contributed by atoms with Crippen LogP contribution < -0.4 is 0 Å². The third kappa shape index (κ3) is 3.10. The van der Waals surface area contributed by atoms with Gasteiger partial charge in [-0.2, -0.15) is 4.98 Å². The molecule has 3 heterocycles. The first-order valence-corrected chi connectivity index (χ1v) is 8.37. The first-order valence-electron chi connectivity index (χ1n) is 8.37. The molecule has 0 atom stereocenters. The molecule has 0 unspecified atom stereocenters. The molecule has 0 radical (unpaired) electrons. The number of aromatic nitrogens is 4. The average molecular weight is 323 g/mol. The molecule has 6 heteroatoms. The number of aryl methyl sites for hydroxylation is 1. The van der Waals surface area contributed by atoms with Crippen LogP contribution >= 0.6 is 0 Å². The Labute approximate surface area is 141 Å². The standard InChI is InChI=1S/C18H21N5O/c1-22-12-9-19-16(22)13-23-10-7-15(8-11-23)18-20-17(21-24-18)14-5-3-2-4-6-14/h2-6,9,12,15H,7-8,10-11,13H2,1H3. The Balaban J connectivity index is 1.38. The second kappa shape index (κ2) is 6.57. The van der Waals surface area contributed by atoms with Crippen molar-refractivity contribution in [3.63, 3.8) is 0 Å². The van der Waals surface area contributed by atoms with E-state index in [0.717, 1.165) is 49.8 Å². The number of imidazole rings is 1. The molecule has 1 aliphatic heterocycles. The lowest BCUT2D eigenvalue weighted by Crippen LogP contribution is -2.33. The summed E-state index contributed by atoms with van der Waals surface area (Å²) in [5, 5.41) is 4.14. The van der Waals surface area contributed by atoms with Crippen molar-refractivity contribution < 1.29 is 4.52 Å². The van der Waals surface area contributed by atoms with Crippen molar-refractivity contribution >= 4 is 0 Å². The maximum Gasteiger partial charge on any atom is 0.230 e. The summed E-state index contributed by atoms with van der Waals surface area (Å²) >= 11 is 0. The van der Waals surface area contributed by atoms with Crippen LogP contribution in [0.15, 0.2) is 47.2 Å². The smallest absolute Gasteiger partial charge is 0.230 e. The van der Waals surface area contributed by atoms with Gasteiger partial charge in [-0.15, -0.1) is 0 Å². The van der Waals surface area contributed by atoms with Gasteiger partial charge in [-0.3, -0.25) is 4.90 Å². The summed E-state index contributed by atoms with van der Waals surface area (Å²) in [7, 11) is 2.04. The van der Waals surface area contributed by atoms with Gasteiger partial charge in [0.2, 0.25) is 11.7 Å². The van der Waals surface area contributed by atoms with Crippen molar-refractivity contribution in [1.29, 1.82) is 0 Å². The van der Waals surface area contributed by atoms with Crippen molar-refractivity contribution in [3.05, 3.63) is 54.4 Å². The summed E-state index contributed by atoms with van der Waals surface area (Å²) < 4.78 is 7.60. The lowest BCUT2D eigenvalue weighted by atomic mass is 9.97. The van der Waals surface area contributed by atoms with Crippen molar-refractivity contribution in [2.45, 2.75) is 25.3 Å². The second-order valence-electron chi connectivity index (χ2n) is 6.33. The Hall–Kier alpha value is -2.47. The van der Waals surface area contributed by atoms with Crippen LogP contribution in [0.1, 0.15) is 30.5 Å². The molecule has 1 saturated heterocycles. The van der Waals surface area contributed by atoms with E-state index in [0.29, 0.717) is 11.7 Å². The molecule has 0 bridgehead atoms. The molecule has 1 aromatic carbocycles. The Morgan fingerprint density at radius 2 is 1.96 bits per heavy atom. The summed E-state index contributed by atoms with van der Waals surface area (Å²) in [6, 6.07) is 9.97. The quantitative estimate of drug-likeness (QED) is 0.739. The minimum Gasteiger partial charge on any atom is -0.339 e. The first kappa shape index (κ1) is 15.1. The number of piperidine rings is 1. The van der Waals surface area contributed by atoms with Gasteiger partial charge in [-0.25, -0.2) is 4.98 Å². The molecular weight excluding hydrogens is 302 g/mol. The van der Waals surface area contributed by atoms with Crippen LogP contribution in [0.3, 0.4) is 0 Å². The molecular formula is C18H21N5O. The lowest BCUT2D eigenvalue weighted by Gasteiger charge is -2.29. The maximum absolute atomic E-state index is 5.52. The van der Waals surface area contributed by atoms with Crippen molar-refractivity contribution in [3.8, 4) is 11.4 Å². The van der Waals surface area contributed by atoms with Crippen LogP contribution in [0.4, 0.5) is 0 Å². The zero-order chi connectivity index (χ0) is 16.4. The molecule has 1 aliphatic rings. The van der Waals surface area contributed by atoms with Crippen molar-refractivity contribution in [2.24, 2.45) is 7.05 Å². The summed E-state index contributed by atoms with van der Waals surface area (Å²) in [6.45, 7) is 2.95. The molecule has 3 aromatic rings. The van der Waals surface area contributed by atoms with Crippen LogP contribution in [0, 0.1) is 0 Å². The molecule has 0 saturated carbocycles. The normalized spacial score (nSPS) is 16.5. The summed E-state index contributed by atoms with van der Waals surface area (Å²) in [5.74, 6) is 2.91. The number of hydrogen-bond donors (Lipinski definition) is 0. The molecule has 24 heavy (non-hydrogen) atoms. The average Bonchev–Trinajstić information content (AvgIpc) is 3.26. The molecule has 0 aliphatic carbocycles. The van der Waals surface area contributed by atoms with Gasteiger partial charge in [0, 0.05) is 30.9 Å². The summed E-state index contributed by atoms with van der Waals surface area (Å²) in [6.07, 6.45) is 5.93. The van der Waals surface area contributed by atoms with Gasteiger partial charge < -0.3 is 9.09 Å². The molecule has 2 aromatic heterocycles. The monoisotopic (exact) mass is 323 g/mol. The summed E-state index contributed by atoms with van der Waals surface area (Å²) in [5.41, 5.74) is 1.000. The third-order valence-corrected chi connectivity index (χ3v) is 4.70. The van der Waals surface area contributed by atoms with E-state index in [2.05, 4.69) is 24.6 Å². The van der Waals surface area contributed by atoms with E-state index in [9.17, 15) is 0 Å². The van der Waals surface area contributed by atoms with Gasteiger partial charge in [-0.1, -0.05) is 35.5 Å². The highest BCUT2D eigenvalue weighted by molar-refractivity contribution is 5.53. The Morgan fingerprint density at radius 3 is 2.67 bits per heavy atom. The van der Waals surface area contributed by atoms with Crippen molar-refractivity contribution in [2.75, 3.05) is 13.1 Å². The predicted molar refractivity (Wildman–Crippen MR) is 90.2 cm³/mol. The predicted octanol–water partition coefficient (Wildman–Crippen LogP) is 2.85. The van der Waals surface area contributed by atoms with E-state index in [1.165, 1.54) is 0 Å². The second-order valence-corrected chi connectivity index (χ2v) is 6.33. The van der Waals surface area contributed by atoms with Gasteiger partial charge in [0.15, 0.2) is 0 Å². The lowest BCUT2D eigenvalue weighted by molar-refractivity contribution is 0.183. The fourth-order valence-corrected chi connectivity index (χ4v) is 3.19. The minimum absolute atomic E-state index is 0.354. The molecule has 1 fully saturated rings. The van der Waals surface area contributed by atoms with Gasteiger partial charge in [0.1, 0.15) is 5.82 Å². The van der Waals surface area contributed by atoms with E-state index in [1.54, 1.807) is 0 Å². The van der Waals surface area contributed by atoms with Gasteiger partial charge in [0.25, 0.3) is 0 Å². The minimum atomic E-state index is 0.354. The number of nitrogens with zero attached hydrogens (tertiary/aromatic N) is 5. The van der Waals surface area contributed by atoms with Crippen LogP contribution in [0.2, 0.25) is 0 Å². The maximum atomic E-state index is 5.52. The van der Waals surface area contributed by atoms with Gasteiger partial charge in [-0.05, 0) is 25.9 Å². The zero-order valence-electron chi connectivity index (χ0n) is 13.8. The van der Waals surface area contributed by atoms with Gasteiger partial charge >= 0.3 is 0 Å². The van der Waals surface area contributed by atoms with E-state index in [-0.39, 0.29) is 0 Å². The largest absolute Gasteiger partial charge is 0.339 e. The molecule has 0 N–H and O–H groups in total. The van der Waals surface area contributed by atoms with E-state index >= 15 is 0 Å². The fourth-order valence-electron chi connectivity index (χ4n) is 3.19. The third-order valence-electron chi connectivity index (χ3n) is 4.70. The summed E-state index contributed by atoms with van der Waals surface area (Å²) in [4.78, 5) is 11.4. The molecule has 0 spiro atoms. The Kier molecular flexibility index (Phi) is 4.13. The SMILES string of the molecule is Cn1ccnc1CN1CCC(c2nc(-c3ccccc3)no2)CC1.